The van der Waals surface area contributed by atoms with E-state index in [9.17, 15) is 13.6 Å². The lowest BCUT2D eigenvalue weighted by Gasteiger charge is -2.19. The van der Waals surface area contributed by atoms with Gasteiger partial charge in [0.1, 0.15) is 11.4 Å². The molecular weight excluding hydrogens is 316 g/mol. The van der Waals surface area contributed by atoms with Gasteiger partial charge in [-0.3, -0.25) is 0 Å². The summed E-state index contributed by atoms with van der Waals surface area (Å²) in [5.74, 6) is -1.44. The van der Waals surface area contributed by atoms with Crippen molar-refractivity contribution in [2.75, 3.05) is 13.2 Å². The third-order valence-electron chi connectivity index (χ3n) is 3.76. The Morgan fingerprint density at radius 2 is 2.04 bits per heavy atom. The molecule has 1 aliphatic carbocycles. The highest BCUT2D eigenvalue weighted by Gasteiger charge is 2.42. The molecule has 0 bridgehead atoms. The summed E-state index contributed by atoms with van der Waals surface area (Å²) in [4.78, 5) is 11.7. The van der Waals surface area contributed by atoms with Gasteiger partial charge in [-0.2, -0.15) is 0 Å². The first kappa shape index (κ1) is 18.5. The van der Waals surface area contributed by atoms with Gasteiger partial charge in [-0.05, 0) is 57.6 Å². The molecule has 1 fully saturated rings. The quantitative estimate of drug-likeness (QED) is 0.835. The SMILES string of the molecule is CCCOc1ccc(F)c(F)c1C1CC1CNC(=O)OC(C)(C)C. The van der Waals surface area contributed by atoms with Gasteiger partial charge in [0.2, 0.25) is 0 Å². The first-order valence-electron chi connectivity index (χ1n) is 8.30. The summed E-state index contributed by atoms with van der Waals surface area (Å²) >= 11 is 0. The fourth-order valence-corrected chi connectivity index (χ4v) is 2.59. The Morgan fingerprint density at radius 3 is 2.67 bits per heavy atom. The van der Waals surface area contributed by atoms with Crippen molar-refractivity contribution in [2.24, 2.45) is 5.92 Å². The number of amides is 1. The number of nitrogens with one attached hydrogen (secondary N) is 1. The maximum absolute atomic E-state index is 14.2. The van der Waals surface area contributed by atoms with Gasteiger partial charge >= 0.3 is 6.09 Å². The summed E-state index contributed by atoms with van der Waals surface area (Å²) in [6.07, 6.45) is 0.959. The van der Waals surface area contributed by atoms with E-state index in [0.29, 0.717) is 25.3 Å². The van der Waals surface area contributed by atoms with E-state index in [1.54, 1.807) is 20.8 Å². The summed E-state index contributed by atoms with van der Waals surface area (Å²) < 4.78 is 38.5. The number of halogens is 2. The Bertz CT molecular complexity index is 599. The number of ether oxygens (including phenoxy) is 2. The minimum absolute atomic E-state index is 0.0535. The molecule has 134 valence electrons. The molecule has 1 saturated carbocycles. The molecule has 0 spiro atoms. The Hall–Kier alpha value is -1.85. The van der Waals surface area contributed by atoms with Crippen molar-refractivity contribution in [3.63, 3.8) is 0 Å². The van der Waals surface area contributed by atoms with E-state index in [1.807, 2.05) is 6.92 Å². The molecule has 4 nitrogen and oxygen atoms in total. The van der Waals surface area contributed by atoms with Crippen LogP contribution in [-0.2, 0) is 4.74 Å². The minimum atomic E-state index is -0.875. The van der Waals surface area contributed by atoms with Crippen molar-refractivity contribution in [1.29, 1.82) is 0 Å². The molecule has 0 heterocycles. The van der Waals surface area contributed by atoms with Crippen molar-refractivity contribution in [1.82, 2.24) is 5.32 Å². The summed E-state index contributed by atoms with van der Waals surface area (Å²) in [7, 11) is 0. The molecule has 0 aliphatic heterocycles. The molecule has 2 atom stereocenters. The zero-order valence-electron chi connectivity index (χ0n) is 14.6. The molecule has 1 aliphatic rings. The van der Waals surface area contributed by atoms with Crippen molar-refractivity contribution < 1.29 is 23.0 Å². The Balaban J connectivity index is 1.99. The Labute approximate surface area is 141 Å². The largest absolute Gasteiger partial charge is 0.493 e. The first-order valence-corrected chi connectivity index (χ1v) is 8.30. The van der Waals surface area contributed by atoms with Crippen LogP contribution in [0.15, 0.2) is 12.1 Å². The number of benzene rings is 1. The fraction of sp³-hybridized carbons (Fsp3) is 0.611. The minimum Gasteiger partial charge on any atom is -0.493 e. The predicted octanol–water partition coefficient (Wildman–Crippen LogP) is 4.38. The molecule has 0 saturated heterocycles. The van der Waals surface area contributed by atoms with Crippen LogP contribution in [0.2, 0.25) is 0 Å². The van der Waals surface area contributed by atoms with E-state index in [4.69, 9.17) is 9.47 Å². The van der Waals surface area contributed by atoms with Crippen LogP contribution >= 0.6 is 0 Å². The lowest BCUT2D eigenvalue weighted by molar-refractivity contribution is 0.0525. The van der Waals surface area contributed by atoms with Crippen molar-refractivity contribution in [2.45, 2.75) is 52.1 Å². The Morgan fingerprint density at radius 1 is 1.33 bits per heavy atom. The molecular formula is C18H25F2NO3. The zero-order valence-corrected chi connectivity index (χ0v) is 14.6. The highest BCUT2D eigenvalue weighted by molar-refractivity contribution is 5.67. The molecule has 0 radical (unpaired) electrons. The standard InChI is InChI=1S/C18H25F2NO3/c1-5-8-23-14-7-6-13(19)16(20)15(14)12-9-11(12)10-21-17(22)24-18(2,3)4/h6-7,11-12H,5,8-10H2,1-4H3,(H,21,22). The number of hydrogen-bond donors (Lipinski definition) is 1. The van der Waals surface area contributed by atoms with Crippen LogP contribution in [0.1, 0.15) is 52.0 Å². The third kappa shape index (κ3) is 4.82. The third-order valence-corrected chi connectivity index (χ3v) is 3.76. The van der Waals surface area contributed by atoms with Crippen LogP contribution in [0, 0.1) is 17.6 Å². The molecule has 1 amide bonds. The number of carbonyl (C=O) groups is 1. The highest BCUT2D eigenvalue weighted by Crippen LogP contribution is 2.51. The predicted molar refractivity (Wildman–Crippen MR) is 87.2 cm³/mol. The van der Waals surface area contributed by atoms with Crippen molar-refractivity contribution in [3.8, 4) is 5.75 Å². The molecule has 1 N–H and O–H groups in total. The number of rotatable bonds is 6. The summed E-state index contributed by atoms with van der Waals surface area (Å²) in [5, 5.41) is 2.68. The van der Waals surface area contributed by atoms with Gasteiger partial charge in [-0.15, -0.1) is 0 Å². The molecule has 24 heavy (non-hydrogen) atoms. The fourth-order valence-electron chi connectivity index (χ4n) is 2.59. The van der Waals surface area contributed by atoms with Crippen molar-refractivity contribution >= 4 is 6.09 Å². The molecule has 0 aromatic heterocycles. The molecule has 2 unspecified atom stereocenters. The van der Waals surface area contributed by atoms with Gasteiger partial charge in [0, 0.05) is 12.1 Å². The molecule has 6 heteroatoms. The van der Waals surface area contributed by atoms with E-state index < -0.39 is 23.3 Å². The average molecular weight is 341 g/mol. The first-order chi connectivity index (χ1) is 11.2. The molecule has 2 rings (SSSR count). The summed E-state index contributed by atoms with van der Waals surface area (Å²) in [5.41, 5.74) is -0.289. The second-order valence-electron chi connectivity index (χ2n) is 7.11. The summed E-state index contributed by atoms with van der Waals surface area (Å²) in [6.45, 7) is 8.11. The van der Waals surface area contributed by atoms with Crippen LogP contribution in [0.3, 0.4) is 0 Å². The smallest absolute Gasteiger partial charge is 0.407 e. The molecule has 1 aromatic rings. The van der Waals surface area contributed by atoms with Crippen LogP contribution in [0.5, 0.6) is 5.75 Å². The number of alkyl carbamates (subject to hydrolysis) is 1. The van der Waals surface area contributed by atoms with E-state index in [-0.39, 0.29) is 17.4 Å². The number of carbonyl (C=O) groups excluding carboxylic acids is 1. The van der Waals surface area contributed by atoms with Gasteiger partial charge < -0.3 is 14.8 Å². The van der Waals surface area contributed by atoms with Crippen LogP contribution in [-0.4, -0.2) is 24.8 Å². The Kier molecular flexibility index (Phi) is 5.67. The lowest BCUT2D eigenvalue weighted by Crippen LogP contribution is -2.33. The molecule has 1 aromatic carbocycles. The highest BCUT2D eigenvalue weighted by atomic mass is 19.2. The second-order valence-corrected chi connectivity index (χ2v) is 7.11. The second kappa shape index (κ2) is 7.36. The maximum atomic E-state index is 14.2. The monoisotopic (exact) mass is 341 g/mol. The van der Waals surface area contributed by atoms with Gasteiger partial charge in [0.15, 0.2) is 11.6 Å². The van der Waals surface area contributed by atoms with Gasteiger partial charge in [-0.1, -0.05) is 6.92 Å². The van der Waals surface area contributed by atoms with Gasteiger partial charge in [0.05, 0.1) is 6.61 Å². The van der Waals surface area contributed by atoms with Crippen LogP contribution in [0.25, 0.3) is 0 Å². The van der Waals surface area contributed by atoms with Crippen LogP contribution in [0.4, 0.5) is 13.6 Å². The van der Waals surface area contributed by atoms with Crippen LogP contribution < -0.4 is 10.1 Å². The maximum Gasteiger partial charge on any atom is 0.407 e. The lowest BCUT2D eigenvalue weighted by atomic mass is 10.1. The normalized spacial score (nSPS) is 19.8. The number of hydrogen-bond acceptors (Lipinski definition) is 3. The summed E-state index contributed by atoms with van der Waals surface area (Å²) in [6, 6.07) is 2.56. The zero-order chi connectivity index (χ0) is 17.9. The van der Waals surface area contributed by atoms with E-state index in [0.717, 1.165) is 12.5 Å². The van der Waals surface area contributed by atoms with E-state index in [1.165, 1.54) is 6.07 Å². The van der Waals surface area contributed by atoms with E-state index in [2.05, 4.69) is 5.32 Å². The van der Waals surface area contributed by atoms with Gasteiger partial charge in [0.25, 0.3) is 0 Å². The van der Waals surface area contributed by atoms with E-state index >= 15 is 0 Å². The van der Waals surface area contributed by atoms with Crippen molar-refractivity contribution in [3.05, 3.63) is 29.3 Å². The topological polar surface area (TPSA) is 47.6 Å². The van der Waals surface area contributed by atoms with Gasteiger partial charge in [-0.25, -0.2) is 13.6 Å². The average Bonchev–Trinajstić information content (AvgIpc) is 3.24.